The van der Waals surface area contributed by atoms with Crippen molar-refractivity contribution < 1.29 is 22.1 Å². The maximum atomic E-state index is 12.2. The zero-order valence-corrected chi connectivity index (χ0v) is 14.1. The third-order valence-electron chi connectivity index (χ3n) is 2.99. The minimum absolute atomic E-state index is 0.0573. The highest BCUT2D eigenvalue weighted by Crippen LogP contribution is 2.24. The molecule has 0 aromatic heterocycles. The molecule has 0 spiro atoms. The summed E-state index contributed by atoms with van der Waals surface area (Å²) in [5, 5.41) is 0.522. The molecule has 0 aliphatic rings. The quantitative estimate of drug-likeness (QED) is 0.606. The van der Waals surface area contributed by atoms with E-state index in [0.29, 0.717) is 10.6 Å². The Morgan fingerprint density at radius 1 is 1.13 bits per heavy atom. The topological polar surface area (TPSA) is 69.7 Å². The molecule has 0 radical (unpaired) electrons. The first-order valence-corrected chi connectivity index (χ1v) is 8.60. The Kier molecular flexibility index (Phi) is 5.28. The Hall–Kier alpha value is -2.05. The van der Waals surface area contributed by atoms with E-state index < -0.39 is 16.1 Å². The van der Waals surface area contributed by atoms with Crippen LogP contribution in [0.25, 0.3) is 0 Å². The molecule has 0 N–H and O–H groups in total. The molecule has 2 rings (SSSR count). The molecular weight excluding hydrogens is 340 g/mol. The third kappa shape index (κ3) is 4.24. The van der Waals surface area contributed by atoms with Gasteiger partial charge >= 0.3 is 16.1 Å². The van der Waals surface area contributed by atoms with Crippen LogP contribution in [0.4, 0.5) is 0 Å². The molecule has 0 saturated carbocycles. The minimum atomic E-state index is -3.99. The van der Waals surface area contributed by atoms with Crippen molar-refractivity contribution in [1.82, 2.24) is 0 Å². The van der Waals surface area contributed by atoms with Crippen molar-refractivity contribution in [3.05, 3.63) is 58.6 Å². The van der Waals surface area contributed by atoms with E-state index in [-0.39, 0.29) is 22.8 Å². The molecule has 0 unspecified atom stereocenters. The van der Waals surface area contributed by atoms with Gasteiger partial charge in [-0.05, 0) is 61.9 Å². The summed E-state index contributed by atoms with van der Waals surface area (Å²) in [6.45, 7) is 3.69. The number of carbonyl (C=O) groups excluding carboxylic acids is 1. The van der Waals surface area contributed by atoms with Crippen LogP contribution in [0.1, 0.15) is 22.8 Å². The van der Waals surface area contributed by atoms with Crippen LogP contribution in [0.5, 0.6) is 5.75 Å². The molecule has 2 aromatic carbocycles. The largest absolute Gasteiger partial charge is 0.462 e. The number of carbonyl (C=O) groups is 1. The van der Waals surface area contributed by atoms with Gasteiger partial charge in [0.15, 0.2) is 0 Å². The van der Waals surface area contributed by atoms with Gasteiger partial charge in [0.05, 0.1) is 12.2 Å². The fourth-order valence-corrected chi connectivity index (χ4v) is 2.86. The number of halogens is 1. The predicted octanol–water partition coefficient (Wildman–Crippen LogP) is 3.59. The van der Waals surface area contributed by atoms with Crippen LogP contribution < -0.4 is 4.18 Å². The van der Waals surface area contributed by atoms with Crippen LogP contribution >= 0.6 is 11.6 Å². The summed E-state index contributed by atoms with van der Waals surface area (Å²) in [4.78, 5) is 11.5. The highest BCUT2D eigenvalue weighted by Gasteiger charge is 2.18. The summed E-state index contributed by atoms with van der Waals surface area (Å²) in [7, 11) is -3.99. The lowest BCUT2D eigenvalue weighted by Gasteiger charge is -2.09. The second-order valence-corrected chi connectivity index (χ2v) is 6.65. The number of esters is 1. The molecule has 0 aliphatic heterocycles. The molecule has 0 saturated heterocycles. The van der Waals surface area contributed by atoms with Gasteiger partial charge in [-0.25, -0.2) is 4.79 Å². The van der Waals surface area contributed by atoms with Crippen molar-refractivity contribution in [2.45, 2.75) is 18.7 Å². The van der Waals surface area contributed by atoms with Crippen LogP contribution in [0, 0.1) is 6.92 Å². The van der Waals surface area contributed by atoms with Crippen molar-refractivity contribution in [3.63, 3.8) is 0 Å². The zero-order valence-electron chi connectivity index (χ0n) is 12.6. The van der Waals surface area contributed by atoms with Crippen LogP contribution in [-0.4, -0.2) is 21.0 Å². The van der Waals surface area contributed by atoms with Crippen molar-refractivity contribution >= 4 is 27.7 Å². The smallest absolute Gasteiger partial charge is 0.339 e. The number of hydrogen-bond acceptors (Lipinski definition) is 5. The summed E-state index contributed by atoms with van der Waals surface area (Å²) in [6, 6.07) is 9.91. The van der Waals surface area contributed by atoms with Gasteiger partial charge in [-0.1, -0.05) is 11.6 Å². The molecule has 0 bridgehead atoms. The van der Waals surface area contributed by atoms with E-state index in [4.69, 9.17) is 20.5 Å². The van der Waals surface area contributed by atoms with Crippen molar-refractivity contribution in [2.75, 3.05) is 6.61 Å². The van der Waals surface area contributed by atoms with Crippen molar-refractivity contribution in [3.8, 4) is 5.75 Å². The molecule has 0 amide bonds. The second-order valence-electron chi connectivity index (χ2n) is 4.69. The van der Waals surface area contributed by atoms with E-state index in [1.807, 2.05) is 0 Å². The standard InChI is InChI=1S/C16H15ClO5S/c1-3-21-16(18)12-4-7-14(8-5-12)23(19,20)22-13-6-9-15(17)11(2)10-13/h4-10H,3H2,1-2H3. The monoisotopic (exact) mass is 354 g/mol. The van der Waals surface area contributed by atoms with Gasteiger partial charge in [0.2, 0.25) is 0 Å². The number of ether oxygens (including phenoxy) is 1. The lowest BCUT2D eigenvalue weighted by molar-refractivity contribution is 0.0526. The Morgan fingerprint density at radius 3 is 2.35 bits per heavy atom. The SMILES string of the molecule is CCOC(=O)c1ccc(S(=O)(=O)Oc2ccc(Cl)c(C)c2)cc1. The van der Waals surface area contributed by atoms with E-state index >= 15 is 0 Å². The first-order valence-electron chi connectivity index (χ1n) is 6.81. The first-order chi connectivity index (χ1) is 10.8. The number of rotatable bonds is 5. The van der Waals surface area contributed by atoms with Gasteiger partial charge in [0.1, 0.15) is 10.6 Å². The van der Waals surface area contributed by atoms with Crippen molar-refractivity contribution in [1.29, 1.82) is 0 Å². The first kappa shape index (κ1) is 17.3. The van der Waals surface area contributed by atoms with Gasteiger partial charge in [-0.15, -0.1) is 0 Å². The lowest BCUT2D eigenvalue weighted by Crippen LogP contribution is -2.11. The maximum Gasteiger partial charge on any atom is 0.339 e. The molecule has 0 heterocycles. The Labute approximate surface area is 139 Å². The molecule has 122 valence electrons. The number of benzene rings is 2. The normalized spacial score (nSPS) is 11.1. The summed E-state index contributed by atoms with van der Waals surface area (Å²) in [6.07, 6.45) is 0. The van der Waals surface area contributed by atoms with Gasteiger partial charge in [0.25, 0.3) is 0 Å². The molecule has 0 atom stereocenters. The van der Waals surface area contributed by atoms with Gasteiger partial charge in [-0.2, -0.15) is 8.42 Å². The van der Waals surface area contributed by atoms with Crippen molar-refractivity contribution in [2.24, 2.45) is 0 Å². The van der Waals surface area contributed by atoms with E-state index in [1.54, 1.807) is 19.9 Å². The average Bonchev–Trinajstić information content (AvgIpc) is 2.51. The van der Waals surface area contributed by atoms with E-state index in [0.717, 1.165) is 0 Å². The zero-order chi connectivity index (χ0) is 17.0. The summed E-state index contributed by atoms with van der Waals surface area (Å²) in [5.41, 5.74) is 0.977. The molecule has 23 heavy (non-hydrogen) atoms. The fraction of sp³-hybridized carbons (Fsp3) is 0.188. The molecule has 5 nitrogen and oxygen atoms in total. The minimum Gasteiger partial charge on any atom is -0.462 e. The maximum absolute atomic E-state index is 12.2. The summed E-state index contributed by atoms with van der Waals surface area (Å²) < 4.78 is 34.4. The highest BCUT2D eigenvalue weighted by atomic mass is 35.5. The Bertz CT molecular complexity index is 813. The van der Waals surface area contributed by atoms with E-state index in [2.05, 4.69) is 0 Å². The molecule has 0 fully saturated rings. The van der Waals surface area contributed by atoms with Gasteiger partial charge in [0, 0.05) is 5.02 Å². The molecular formula is C16H15ClO5S. The van der Waals surface area contributed by atoms with Crippen LogP contribution in [0.2, 0.25) is 5.02 Å². The predicted molar refractivity (Wildman–Crippen MR) is 86.4 cm³/mol. The Morgan fingerprint density at radius 2 is 1.78 bits per heavy atom. The van der Waals surface area contributed by atoms with Gasteiger partial charge in [-0.3, -0.25) is 0 Å². The molecule has 2 aromatic rings. The van der Waals surface area contributed by atoms with E-state index in [1.165, 1.54) is 36.4 Å². The van der Waals surface area contributed by atoms with Crippen LogP contribution in [0.3, 0.4) is 0 Å². The average molecular weight is 355 g/mol. The summed E-state index contributed by atoms with van der Waals surface area (Å²) in [5.74, 6) is -0.341. The fourth-order valence-electron chi connectivity index (χ4n) is 1.82. The molecule has 7 heteroatoms. The summed E-state index contributed by atoms with van der Waals surface area (Å²) >= 11 is 5.89. The third-order valence-corrected chi connectivity index (χ3v) is 4.67. The number of aryl methyl sites for hydroxylation is 1. The highest BCUT2D eigenvalue weighted by molar-refractivity contribution is 7.87. The number of hydrogen-bond donors (Lipinski definition) is 0. The van der Waals surface area contributed by atoms with Crippen LogP contribution in [-0.2, 0) is 14.9 Å². The van der Waals surface area contributed by atoms with E-state index in [9.17, 15) is 13.2 Å². The lowest BCUT2D eigenvalue weighted by atomic mass is 10.2. The Balaban J connectivity index is 2.22. The van der Waals surface area contributed by atoms with Gasteiger partial charge < -0.3 is 8.92 Å². The second kappa shape index (κ2) is 7.02. The van der Waals surface area contributed by atoms with Crippen LogP contribution in [0.15, 0.2) is 47.4 Å². The molecule has 0 aliphatic carbocycles.